The minimum absolute atomic E-state index is 0.0750. The standard InChI is InChI=1S/C16H26O2/c1-5-7-16-8-6-14(17)15(3,9-12(16)2)10-13(16)11-18-4/h5,9,13-14,17H,1,6-8,10-11H2,2-4H3. The van der Waals surface area contributed by atoms with E-state index in [2.05, 4.69) is 26.5 Å². The van der Waals surface area contributed by atoms with Gasteiger partial charge in [0.2, 0.25) is 0 Å². The molecule has 3 aliphatic carbocycles. The number of hydrogen-bond acceptors (Lipinski definition) is 2. The zero-order valence-corrected chi connectivity index (χ0v) is 11.9. The lowest BCUT2D eigenvalue weighted by Crippen LogP contribution is -2.41. The van der Waals surface area contributed by atoms with Gasteiger partial charge in [-0.05, 0) is 43.9 Å². The lowest BCUT2D eigenvalue weighted by Gasteiger charge is -2.46. The van der Waals surface area contributed by atoms with Gasteiger partial charge in [-0.15, -0.1) is 6.58 Å². The molecule has 0 heterocycles. The van der Waals surface area contributed by atoms with Crippen LogP contribution in [-0.2, 0) is 4.74 Å². The fourth-order valence-electron chi connectivity index (χ4n) is 4.21. The second-order valence-corrected chi connectivity index (χ2v) is 6.39. The number of aliphatic hydroxyl groups excluding tert-OH is 1. The minimum Gasteiger partial charge on any atom is -0.392 e. The fraction of sp³-hybridized carbons (Fsp3) is 0.750. The molecule has 0 aromatic heterocycles. The van der Waals surface area contributed by atoms with Crippen LogP contribution in [-0.4, -0.2) is 24.9 Å². The van der Waals surface area contributed by atoms with Crippen LogP contribution < -0.4 is 0 Å². The Balaban J connectivity index is 2.45. The van der Waals surface area contributed by atoms with Crippen molar-refractivity contribution in [3.8, 4) is 0 Å². The molecule has 1 fully saturated rings. The van der Waals surface area contributed by atoms with E-state index in [1.807, 2.05) is 6.08 Å². The molecule has 0 radical (unpaired) electrons. The van der Waals surface area contributed by atoms with Gasteiger partial charge >= 0.3 is 0 Å². The van der Waals surface area contributed by atoms with E-state index >= 15 is 0 Å². The van der Waals surface area contributed by atoms with Crippen molar-refractivity contribution in [2.45, 2.75) is 45.6 Å². The first-order valence-electron chi connectivity index (χ1n) is 6.96. The van der Waals surface area contributed by atoms with E-state index in [1.165, 1.54) is 5.57 Å². The number of allylic oxidation sites excluding steroid dienone is 2. The van der Waals surface area contributed by atoms with Gasteiger partial charge in [0.15, 0.2) is 0 Å². The monoisotopic (exact) mass is 250 g/mol. The lowest BCUT2D eigenvalue weighted by molar-refractivity contribution is 0.0255. The molecular weight excluding hydrogens is 224 g/mol. The zero-order valence-electron chi connectivity index (χ0n) is 11.9. The van der Waals surface area contributed by atoms with E-state index in [4.69, 9.17) is 4.74 Å². The van der Waals surface area contributed by atoms with Crippen molar-refractivity contribution in [2.75, 3.05) is 13.7 Å². The summed E-state index contributed by atoms with van der Waals surface area (Å²) in [6, 6.07) is 0. The Kier molecular flexibility index (Phi) is 3.70. The van der Waals surface area contributed by atoms with Gasteiger partial charge < -0.3 is 9.84 Å². The highest BCUT2D eigenvalue weighted by atomic mass is 16.5. The third-order valence-electron chi connectivity index (χ3n) is 5.30. The summed E-state index contributed by atoms with van der Waals surface area (Å²) >= 11 is 0. The maximum absolute atomic E-state index is 10.4. The van der Waals surface area contributed by atoms with Crippen molar-refractivity contribution < 1.29 is 9.84 Å². The Hall–Kier alpha value is -0.600. The van der Waals surface area contributed by atoms with E-state index in [-0.39, 0.29) is 16.9 Å². The molecule has 0 spiro atoms. The lowest BCUT2D eigenvalue weighted by atomic mass is 9.59. The minimum atomic E-state index is -0.221. The third-order valence-corrected chi connectivity index (χ3v) is 5.30. The van der Waals surface area contributed by atoms with Gasteiger partial charge in [0.05, 0.1) is 6.10 Å². The second-order valence-electron chi connectivity index (χ2n) is 6.39. The normalized spacial score (nSPS) is 43.4. The van der Waals surface area contributed by atoms with Crippen LogP contribution in [0.4, 0.5) is 0 Å². The molecule has 0 aromatic rings. The molecule has 4 atom stereocenters. The summed E-state index contributed by atoms with van der Waals surface area (Å²) in [4.78, 5) is 0. The fourth-order valence-corrected chi connectivity index (χ4v) is 4.21. The van der Waals surface area contributed by atoms with Crippen LogP contribution in [0, 0.1) is 16.7 Å². The number of fused-ring (bicyclic) bond motifs is 3. The Morgan fingerprint density at radius 3 is 2.94 bits per heavy atom. The summed E-state index contributed by atoms with van der Waals surface area (Å²) in [7, 11) is 1.78. The van der Waals surface area contributed by atoms with Crippen LogP contribution >= 0.6 is 0 Å². The van der Waals surface area contributed by atoms with Gasteiger partial charge in [-0.25, -0.2) is 0 Å². The smallest absolute Gasteiger partial charge is 0.0628 e. The summed E-state index contributed by atoms with van der Waals surface area (Å²) in [5.74, 6) is 0.493. The molecule has 2 bridgehead atoms. The quantitative estimate of drug-likeness (QED) is 0.776. The topological polar surface area (TPSA) is 29.5 Å². The van der Waals surface area contributed by atoms with Gasteiger partial charge in [0, 0.05) is 19.1 Å². The summed E-state index contributed by atoms with van der Waals surface area (Å²) in [6.07, 6.45) is 8.07. The molecule has 2 nitrogen and oxygen atoms in total. The molecule has 2 heteroatoms. The highest BCUT2D eigenvalue weighted by molar-refractivity contribution is 5.27. The van der Waals surface area contributed by atoms with Crippen LogP contribution in [0.5, 0.6) is 0 Å². The van der Waals surface area contributed by atoms with Crippen molar-refractivity contribution in [2.24, 2.45) is 16.7 Å². The molecule has 0 aromatic carbocycles. The molecule has 3 rings (SSSR count). The van der Waals surface area contributed by atoms with E-state index in [0.29, 0.717) is 5.92 Å². The maximum atomic E-state index is 10.4. The van der Waals surface area contributed by atoms with Gasteiger partial charge in [-0.2, -0.15) is 0 Å². The van der Waals surface area contributed by atoms with E-state index in [1.54, 1.807) is 7.11 Å². The molecule has 0 aliphatic heterocycles. The van der Waals surface area contributed by atoms with Crippen molar-refractivity contribution >= 4 is 0 Å². The van der Waals surface area contributed by atoms with Crippen LogP contribution in [0.1, 0.15) is 39.5 Å². The molecular formula is C16H26O2. The molecule has 0 saturated heterocycles. The van der Waals surface area contributed by atoms with Crippen molar-refractivity contribution in [3.63, 3.8) is 0 Å². The van der Waals surface area contributed by atoms with Gasteiger partial charge in [0.1, 0.15) is 0 Å². The van der Waals surface area contributed by atoms with Gasteiger partial charge in [-0.1, -0.05) is 24.6 Å². The van der Waals surface area contributed by atoms with Gasteiger partial charge in [-0.3, -0.25) is 0 Å². The highest BCUT2D eigenvalue weighted by Crippen LogP contribution is 2.58. The number of methoxy groups -OCH3 is 1. The largest absolute Gasteiger partial charge is 0.392 e. The summed E-state index contributed by atoms with van der Waals surface area (Å²) in [5, 5.41) is 10.4. The zero-order chi connectivity index (χ0) is 13.4. The average Bonchev–Trinajstić information content (AvgIpc) is 2.46. The summed E-state index contributed by atoms with van der Waals surface area (Å²) < 4.78 is 5.45. The molecule has 4 unspecified atom stereocenters. The summed E-state index contributed by atoms with van der Waals surface area (Å²) in [6.45, 7) is 9.12. The van der Waals surface area contributed by atoms with Crippen LogP contribution in [0.2, 0.25) is 0 Å². The Labute approximate surface area is 111 Å². The Morgan fingerprint density at radius 2 is 2.33 bits per heavy atom. The van der Waals surface area contributed by atoms with E-state index in [0.717, 1.165) is 32.3 Å². The second kappa shape index (κ2) is 4.82. The predicted molar refractivity (Wildman–Crippen MR) is 74.3 cm³/mol. The first-order chi connectivity index (χ1) is 8.48. The predicted octanol–water partition coefficient (Wildman–Crippen LogP) is 3.32. The first kappa shape index (κ1) is 13.8. The molecule has 0 amide bonds. The van der Waals surface area contributed by atoms with Crippen LogP contribution in [0.3, 0.4) is 0 Å². The third kappa shape index (κ3) is 1.96. The SMILES string of the molecule is C=CCC12CCC(O)C(C)(C=C1C)CC2COC. The first-order valence-corrected chi connectivity index (χ1v) is 6.96. The molecule has 3 aliphatic rings. The van der Waals surface area contributed by atoms with Crippen molar-refractivity contribution in [3.05, 3.63) is 24.3 Å². The highest BCUT2D eigenvalue weighted by Gasteiger charge is 2.51. The average molecular weight is 250 g/mol. The molecule has 18 heavy (non-hydrogen) atoms. The molecule has 102 valence electrons. The number of rotatable bonds is 4. The Bertz CT molecular complexity index is 360. The van der Waals surface area contributed by atoms with E-state index in [9.17, 15) is 5.11 Å². The molecule has 1 saturated carbocycles. The van der Waals surface area contributed by atoms with Gasteiger partial charge in [0.25, 0.3) is 0 Å². The number of ether oxygens (including phenoxy) is 1. The van der Waals surface area contributed by atoms with E-state index < -0.39 is 0 Å². The van der Waals surface area contributed by atoms with Crippen molar-refractivity contribution in [1.29, 1.82) is 0 Å². The Morgan fingerprint density at radius 1 is 1.61 bits per heavy atom. The number of hydrogen-bond donors (Lipinski definition) is 1. The number of aliphatic hydroxyl groups is 1. The maximum Gasteiger partial charge on any atom is 0.0628 e. The van der Waals surface area contributed by atoms with Crippen molar-refractivity contribution in [1.82, 2.24) is 0 Å². The molecule has 1 N–H and O–H groups in total. The van der Waals surface area contributed by atoms with Crippen LogP contribution in [0.15, 0.2) is 24.3 Å². The van der Waals surface area contributed by atoms with Crippen LogP contribution in [0.25, 0.3) is 0 Å². The summed E-state index contributed by atoms with van der Waals surface area (Å²) in [5.41, 5.74) is 1.51.